The highest BCUT2D eigenvalue weighted by atomic mass is 16.5. The highest BCUT2D eigenvalue weighted by Gasteiger charge is 2.25. The first kappa shape index (κ1) is 17.5. The van der Waals surface area contributed by atoms with Crippen molar-refractivity contribution >= 4 is 11.9 Å². The third kappa shape index (κ3) is 5.36. The average molecular weight is 318 g/mol. The van der Waals surface area contributed by atoms with Gasteiger partial charge in [-0.1, -0.05) is 30.3 Å². The van der Waals surface area contributed by atoms with Crippen molar-refractivity contribution in [1.29, 1.82) is 0 Å². The van der Waals surface area contributed by atoms with Crippen LogP contribution < -0.4 is 0 Å². The molecule has 1 aromatic carbocycles. The molecule has 1 atom stereocenters. The molecule has 1 amide bonds. The third-order valence-corrected chi connectivity index (χ3v) is 4.27. The van der Waals surface area contributed by atoms with Crippen molar-refractivity contribution in [3.8, 4) is 0 Å². The number of carbonyl (C=O) groups is 2. The molecular formula is C18H26N2O3. The Morgan fingerprint density at radius 2 is 1.91 bits per heavy atom. The van der Waals surface area contributed by atoms with Crippen molar-refractivity contribution < 1.29 is 14.3 Å². The van der Waals surface area contributed by atoms with E-state index in [1.807, 2.05) is 11.0 Å². The smallest absolute Gasteiger partial charge is 0.306 e. The van der Waals surface area contributed by atoms with Crippen LogP contribution in [0, 0.1) is 0 Å². The molecule has 5 heteroatoms. The van der Waals surface area contributed by atoms with Crippen molar-refractivity contribution in [3.63, 3.8) is 0 Å². The largest absolute Gasteiger partial charge is 0.469 e. The summed E-state index contributed by atoms with van der Waals surface area (Å²) in [6.45, 7) is 5.60. The van der Waals surface area contributed by atoms with Crippen LogP contribution in [0.15, 0.2) is 30.3 Å². The van der Waals surface area contributed by atoms with Crippen molar-refractivity contribution in [3.05, 3.63) is 35.9 Å². The summed E-state index contributed by atoms with van der Waals surface area (Å²) < 4.78 is 4.61. The van der Waals surface area contributed by atoms with E-state index >= 15 is 0 Å². The molecule has 2 rings (SSSR count). The summed E-state index contributed by atoms with van der Waals surface area (Å²) in [5.41, 5.74) is 1.30. The summed E-state index contributed by atoms with van der Waals surface area (Å²) in [6.07, 6.45) is 1.35. The maximum Gasteiger partial charge on any atom is 0.306 e. The molecule has 1 aliphatic rings. The Hall–Kier alpha value is -1.88. The van der Waals surface area contributed by atoms with E-state index in [1.165, 1.54) is 12.7 Å². The number of rotatable bonds is 5. The van der Waals surface area contributed by atoms with E-state index < -0.39 is 0 Å². The normalized spacial score (nSPS) is 19.2. The minimum atomic E-state index is -0.327. The minimum Gasteiger partial charge on any atom is -0.469 e. The van der Waals surface area contributed by atoms with Crippen LogP contribution in [0.1, 0.15) is 31.7 Å². The van der Waals surface area contributed by atoms with Gasteiger partial charge >= 0.3 is 5.97 Å². The predicted octanol–water partition coefficient (Wildman–Crippen LogP) is 2.06. The first-order valence-electron chi connectivity index (χ1n) is 8.22. The average Bonchev–Trinajstić information content (AvgIpc) is 2.74. The second-order valence-electron chi connectivity index (χ2n) is 6.09. The zero-order valence-electron chi connectivity index (χ0n) is 14.0. The molecule has 5 nitrogen and oxygen atoms in total. The SMILES string of the molecule is COC(=O)CCC(=O)N1CCCN(Cc2ccccc2)C[C@H]1C. The highest BCUT2D eigenvalue weighted by molar-refractivity contribution is 5.81. The maximum atomic E-state index is 12.3. The Kier molecular flexibility index (Phi) is 6.59. The van der Waals surface area contributed by atoms with Crippen LogP contribution in [0.3, 0.4) is 0 Å². The Morgan fingerprint density at radius 1 is 1.17 bits per heavy atom. The van der Waals surface area contributed by atoms with Crippen LogP contribution in [0.5, 0.6) is 0 Å². The lowest BCUT2D eigenvalue weighted by Crippen LogP contribution is -2.42. The number of amides is 1. The van der Waals surface area contributed by atoms with E-state index in [-0.39, 0.29) is 30.8 Å². The monoisotopic (exact) mass is 318 g/mol. The van der Waals surface area contributed by atoms with Crippen molar-refractivity contribution in [2.24, 2.45) is 0 Å². The Bertz CT molecular complexity index is 518. The topological polar surface area (TPSA) is 49.9 Å². The maximum absolute atomic E-state index is 12.3. The minimum absolute atomic E-state index is 0.0458. The number of ether oxygens (including phenoxy) is 1. The Morgan fingerprint density at radius 3 is 2.61 bits per heavy atom. The molecule has 1 fully saturated rings. The molecule has 0 bridgehead atoms. The Balaban J connectivity index is 1.88. The van der Waals surface area contributed by atoms with Crippen LogP contribution in [-0.2, 0) is 20.9 Å². The van der Waals surface area contributed by atoms with Gasteiger partial charge in [-0.2, -0.15) is 0 Å². The molecule has 1 aromatic rings. The fourth-order valence-corrected chi connectivity index (χ4v) is 3.06. The van der Waals surface area contributed by atoms with Gasteiger partial charge in [0.05, 0.1) is 13.5 Å². The lowest BCUT2D eigenvalue weighted by molar-refractivity contribution is -0.144. The van der Waals surface area contributed by atoms with Gasteiger partial charge in [0, 0.05) is 38.6 Å². The molecule has 0 unspecified atom stereocenters. The van der Waals surface area contributed by atoms with Crippen molar-refractivity contribution in [1.82, 2.24) is 9.80 Å². The fraction of sp³-hybridized carbons (Fsp3) is 0.556. The van der Waals surface area contributed by atoms with Gasteiger partial charge in [-0.15, -0.1) is 0 Å². The summed E-state index contributed by atoms with van der Waals surface area (Å²) >= 11 is 0. The number of nitrogens with zero attached hydrogens (tertiary/aromatic N) is 2. The molecule has 0 spiro atoms. The van der Waals surface area contributed by atoms with Gasteiger partial charge < -0.3 is 9.64 Å². The standard InChI is InChI=1S/C18H26N2O3/c1-15-13-19(14-16-7-4-3-5-8-16)11-6-12-20(15)17(21)9-10-18(22)23-2/h3-5,7-8,15H,6,9-14H2,1-2H3/t15-/m1/s1. The number of methoxy groups -OCH3 is 1. The van der Waals surface area contributed by atoms with Crippen LogP contribution in [-0.4, -0.2) is 54.5 Å². The zero-order chi connectivity index (χ0) is 16.7. The van der Waals surface area contributed by atoms with Crippen LogP contribution in [0.4, 0.5) is 0 Å². The molecule has 0 N–H and O–H groups in total. The second kappa shape index (κ2) is 8.67. The summed E-state index contributed by atoms with van der Waals surface area (Å²) in [5, 5.41) is 0. The summed E-state index contributed by atoms with van der Waals surface area (Å²) in [7, 11) is 1.35. The molecule has 126 valence electrons. The lowest BCUT2D eigenvalue weighted by Gasteiger charge is -2.29. The van der Waals surface area contributed by atoms with Crippen LogP contribution in [0.2, 0.25) is 0 Å². The van der Waals surface area contributed by atoms with E-state index in [9.17, 15) is 9.59 Å². The number of benzene rings is 1. The third-order valence-electron chi connectivity index (χ3n) is 4.27. The molecule has 23 heavy (non-hydrogen) atoms. The highest BCUT2D eigenvalue weighted by Crippen LogP contribution is 2.15. The molecule has 0 saturated carbocycles. The lowest BCUT2D eigenvalue weighted by atomic mass is 10.2. The van der Waals surface area contributed by atoms with E-state index in [1.54, 1.807) is 0 Å². The van der Waals surface area contributed by atoms with Gasteiger partial charge in [0.2, 0.25) is 5.91 Å². The zero-order valence-corrected chi connectivity index (χ0v) is 14.0. The van der Waals surface area contributed by atoms with E-state index in [2.05, 4.69) is 40.8 Å². The van der Waals surface area contributed by atoms with E-state index in [0.29, 0.717) is 0 Å². The predicted molar refractivity (Wildman–Crippen MR) is 88.8 cm³/mol. The van der Waals surface area contributed by atoms with E-state index in [0.717, 1.165) is 32.6 Å². The van der Waals surface area contributed by atoms with Crippen LogP contribution >= 0.6 is 0 Å². The first-order chi connectivity index (χ1) is 11.1. The number of esters is 1. The fourth-order valence-electron chi connectivity index (χ4n) is 3.06. The molecule has 1 aliphatic heterocycles. The number of carbonyl (C=O) groups excluding carboxylic acids is 2. The first-order valence-corrected chi connectivity index (χ1v) is 8.22. The molecule has 0 aromatic heterocycles. The molecule has 1 heterocycles. The van der Waals surface area contributed by atoms with Gasteiger partial charge in [-0.25, -0.2) is 0 Å². The quantitative estimate of drug-likeness (QED) is 0.780. The van der Waals surface area contributed by atoms with Crippen LogP contribution in [0.25, 0.3) is 0 Å². The molecule has 1 saturated heterocycles. The van der Waals surface area contributed by atoms with Gasteiger partial charge in [0.15, 0.2) is 0 Å². The van der Waals surface area contributed by atoms with Gasteiger partial charge in [0.25, 0.3) is 0 Å². The summed E-state index contributed by atoms with van der Waals surface area (Å²) in [5.74, 6) is -0.281. The van der Waals surface area contributed by atoms with Crippen molar-refractivity contribution in [2.45, 2.75) is 38.8 Å². The van der Waals surface area contributed by atoms with Gasteiger partial charge in [-0.3, -0.25) is 14.5 Å². The molecule has 0 radical (unpaired) electrons. The Labute approximate surface area is 138 Å². The molecule has 0 aliphatic carbocycles. The van der Waals surface area contributed by atoms with E-state index in [4.69, 9.17) is 0 Å². The summed E-state index contributed by atoms with van der Waals surface area (Å²) in [4.78, 5) is 27.9. The van der Waals surface area contributed by atoms with Gasteiger partial charge in [0.1, 0.15) is 0 Å². The molecular weight excluding hydrogens is 292 g/mol. The number of hydrogen-bond donors (Lipinski definition) is 0. The van der Waals surface area contributed by atoms with Crippen molar-refractivity contribution in [2.75, 3.05) is 26.7 Å². The number of hydrogen-bond acceptors (Lipinski definition) is 4. The van der Waals surface area contributed by atoms with Gasteiger partial charge in [-0.05, 0) is 18.9 Å². The summed E-state index contributed by atoms with van der Waals surface area (Å²) in [6, 6.07) is 10.6. The second-order valence-corrected chi connectivity index (χ2v) is 6.09.